The summed E-state index contributed by atoms with van der Waals surface area (Å²) < 4.78 is 0. The fourth-order valence-corrected chi connectivity index (χ4v) is 1.49. The Morgan fingerprint density at radius 2 is 2.06 bits per heavy atom. The Morgan fingerprint density at radius 3 is 2.67 bits per heavy atom. The lowest BCUT2D eigenvalue weighted by molar-refractivity contribution is -0.128. The summed E-state index contributed by atoms with van der Waals surface area (Å²) in [6, 6.07) is 7.14. The van der Waals surface area contributed by atoms with Crippen LogP contribution in [0.4, 0.5) is 0 Å². The lowest BCUT2D eigenvalue weighted by atomic mass is 10.1. The van der Waals surface area contributed by atoms with Crippen LogP contribution in [0.3, 0.4) is 0 Å². The van der Waals surface area contributed by atoms with Gasteiger partial charge < -0.3 is 16.0 Å². The molecule has 1 rings (SSSR count). The van der Waals surface area contributed by atoms with Crippen LogP contribution < -0.4 is 11.1 Å². The second kappa shape index (κ2) is 6.76. The largest absolute Gasteiger partial charge is 0.366 e. The van der Waals surface area contributed by atoms with Gasteiger partial charge in [0.1, 0.15) is 0 Å². The zero-order chi connectivity index (χ0) is 13.5. The highest BCUT2D eigenvalue weighted by Gasteiger charge is 2.03. The molecule has 0 bridgehead atoms. The number of amides is 2. The molecule has 0 saturated carbocycles. The zero-order valence-electron chi connectivity index (χ0n) is 10.8. The molecule has 0 aliphatic rings. The standard InChI is InChI=1S/C13H19N3O2/c1-16(2)12(17)6-7-15-9-10-4-3-5-11(8-10)13(14)18/h3-5,8,15H,6-7,9H2,1-2H3,(H2,14,18). The highest BCUT2D eigenvalue weighted by Crippen LogP contribution is 2.04. The van der Waals surface area contributed by atoms with E-state index in [4.69, 9.17) is 5.73 Å². The highest BCUT2D eigenvalue weighted by molar-refractivity contribution is 5.92. The second-order valence-electron chi connectivity index (χ2n) is 4.28. The molecule has 3 N–H and O–H groups in total. The Labute approximate surface area is 107 Å². The molecular weight excluding hydrogens is 230 g/mol. The summed E-state index contributed by atoms with van der Waals surface area (Å²) in [7, 11) is 3.47. The van der Waals surface area contributed by atoms with E-state index in [2.05, 4.69) is 5.32 Å². The first-order valence-corrected chi connectivity index (χ1v) is 5.80. The maximum Gasteiger partial charge on any atom is 0.248 e. The lowest BCUT2D eigenvalue weighted by Gasteiger charge is -2.10. The van der Waals surface area contributed by atoms with Crippen LogP contribution in [0.5, 0.6) is 0 Å². The van der Waals surface area contributed by atoms with Crippen LogP contribution in [0.2, 0.25) is 0 Å². The van der Waals surface area contributed by atoms with E-state index in [-0.39, 0.29) is 5.91 Å². The van der Waals surface area contributed by atoms with Gasteiger partial charge >= 0.3 is 0 Å². The Kier molecular flexibility index (Phi) is 5.32. The third-order valence-corrected chi connectivity index (χ3v) is 2.56. The van der Waals surface area contributed by atoms with Crippen LogP contribution in [0, 0.1) is 0 Å². The third kappa shape index (κ3) is 4.55. The highest BCUT2D eigenvalue weighted by atomic mass is 16.2. The van der Waals surface area contributed by atoms with Crippen LogP contribution in [0.1, 0.15) is 22.3 Å². The Balaban J connectivity index is 2.38. The van der Waals surface area contributed by atoms with Crippen molar-refractivity contribution in [1.29, 1.82) is 0 Å². The predicted octanol–water partition coefficient (Wildman–Crippen LogP) is 0.353. The fraction of sp³-hybridized carbons (Fsp3) is 0.385. The Bertz CT molecular complexity index is 430. The number of hydrogen-bond donors (Lipinski definition) is 2. The van der Waals surface area contributed by atoms with Gasteiger partial charge in [0.25, 0.3) is 0 Å². The zero-order valence-corrected chi connectivity index (χ0v) is 10.8. The van der Waals surface area contributed by atoms with Gasteiger partial charge in [-0.15, -0.1) is 0 Å². The molecule has 0 aliphatic carbocycles. The van der Waals surface area contributed by atoms with Crippen molar-refractivity contribution in [3.05, 3.63) is 35.4 Å². The summed E-state index contributed by atoms with van der Waals surface area (Å²) in [6.07, 6.45) is 0.461. The van der Waals surface area contributed by atoms with Crippen LogP contribution in [0.25, 0.3) is 0 Å². The van der Waals surface area contributed by atoms with Crippen molar-refractivity contribution in [2.24, 2.45) is 5.73 Å². The SMILES string of the molecule is CN(C)C(=O)CCNCc1cccc(C(N)=O)c1. The van der Waals surface area contributed by atoms with E-state index in [0.29, 0.717) is 25.1 Å². The number of hydrogen-bond acceptors (Lipinski definition) is 3. The van der Waals surface area contributed by atoms with E-state index in [1.165, 1.54) is 0 Å². The molecule has 0 atom stereocenters. The van der Waals surface area contributed by atoms with Crippen LogP contribution >= 0.6 is 0 Å². The first kappa shape index (κ1) is 14.2. The first-order chi connectivity index (χ1) is 8.50. The Hall–Kier alpha value is -1.88. The number of carbonyl (C=O) groups excluding carboxylic acids is 2. The summed E-state index contributed by atoms with van der Waals surface area (Å²) in [6.45, 7) is 1.22. The van der Waals surface area contributed by atoms with E-state index in [0.717, 1.165) is 5.56 Å². The van der Waals surface area contributed by atoms with Gasteiger partial charge in [0.15, 0.2) is 0 Å². The second-order valence-corrected chi connectivity index (χ2v) is 4.28. The van der Waals surface area contributed by atoms with Crippen molar-refractivity contribution in [3.63, 3.8) is 0 Å². The van der Waals surface area contributed by atoms with Crippen molar-refractivity contribution in [2.75, 3.05) is 20.6 Å². The minimum atomic E-state index is -0.431. The number of nitrogens with zero attached hydrogens (tertiary/aromatic N) is 1. The van der Waals surface area contributed by atoms with Crippen molar-refractivity contribution in [3.8, 4) is 0 Å². The minimum absolute atomic E-state index is 0.0911. The summed E-state index contributed by atoms with van der Waals surface area (Å²) in [5.74, 6) is -0.340. The Morgan fingerprint density at radius 1 is 1.33 bits per heavy atom. The van der Waals surface area contributed by atoms with Gasteiger partial charge in [-0.25, -0.2) is 0 Å². The topological polar surface area (TPSA) is 75.4 Å². The molecule has 2 amide bonds. The lowest BCUT2D eigenvalue weighted by Crippen LogP contribution is -2.26. The van der Waals surface area contributed by atoms with Gasteiger partial charge in [0, 0.05) is 39.2 Å². The summed E-state index contributed by atoms with van der Waals surface area (Å²) in [5.41, 5.74) is 6.68. The number of nitrogens with two attached hydrogens (primary N) is 1. The van der Waals surface area contributed by atoms with E-state index >= 15 is 0 Å². The maximum absolute atomic E-state index is 11.3. The molecule has 0 radical (unpaired) electrons. The normalized spacial score (nSPS) is 10.1. The average Bonchev–Trinajstić information content (AvgIpc) is 2.34. The molecule has 0 heterocycles. The molecular formula is C13H19N3O2. The van der Waals surface area contributed by atoms with E-state index < -0.39 is 5.91 Å². The number of carbonyl (C=O) groups is 2. The summed E-state index contributed by atoms with van der Waals surface area (Å²) >= 11 is 0. The molecule has 98 valence electrons. The van der Waals surface area contributed by atoms with E-state index in [9.17, 15) is 9.59 Å². The smallest absolute Gasteiger partial charge is 0.248 e. The van der Waals surface area contributed by atoms with Gasteiger partial charge in [-0.1, -0.05) is 12.1 Å². The fourth-order valence-electron chi connectivity index (χ4n) is 1.49. The molecule has 0 saturated heterocycles. The summed E-state index contributed by atoms with van der Waals surface area (Å²) in [4.78, 5) is 23.9. The predicted molar refractivity (Wildman–Crippen MR) is 70.0 cm³/mol. The van der Waals surface area contributed by atoms with Gasteiger partial charge in [-0.2, -0.15) is 0 Å². The van der Waals surface area contributed by atoms with E-state index in [1.807, 2.05) is 6.07 Å². The van der Waals surface area contributed by atoms with Crippen molar-refractivity contribution in [1.82, 2.24) is 10.2 Å². The van der Waals surface area contributed by atoms with Crippen LogP contribution in [-0.2, 0) is 11.3 Å². The van der Waals surface area contributed by atoms with Gasteiger partial charge in [-0.3, -0.25) is 9.59 Å². The molecule has 0 fully saturated rings. The first-order valence-electron chi connectivity index (χ1n) is 5.80. The number of rotatable bonds is 6. The number of nitrogens with one attached hydrogen (secondary N) is 1. The molecule has 1 aromatic rings. The van der Waals surface area contributed by atoms with Crippen molar-refractivity contribution in [2.45, 2.75) is 13.0 Å². The van der Waals surface area contributed by atoms with Crippen LogP contribution in [0.15, 0.2) is 24.3 Å². The molecule has 0 unspecified atom stereocenters. The minimum Gasteiger partial charge on any atom is -0.366 e. The number of benzene rings is 1. The molecule has 0 aliphatic heterocycles. The quantitative estimate of drug-likeness (QED) is 0.714. The van der Waals surface area contributed by atoms with Crippen molar-refractivity contribution >= 4 is 11.8 Å². The number of primary amides is 1. The van der Waals surface area contributed by atoms with Crippen molar-refractivity contribution < 1.29 is 9.59 Å². The third-order valence-electron chi connectivity index (χ3n) is 2.56. The molecule has 1 aromatic carbocycles. The summed E-state index contributed by atoms with van der Waals surface area (Å²) in [5, 5.41) is 3.15. The maximum atomic E-state index is 11.3. The van der Waals surface area contributed by atoms with E-state index in [1.54, 1.807) is 37.2 Å². The van der Waals surface area contributed by atoms with Crippen LogP contribution in [-0.4, -0.2) is 37.4 Å². The molecule has 18 heavy (non-hydrogen) atoms. The molecule has 5 nitrogen and oxygen atoms in total. The average molecular weight is 249 g/mol. The van der Waals surface area contributed by atoms with Gasteiger partial charge in [-0.05, 0) is 17.7 Å². The molecule has 0 spiro atoms. The molecule has 0 aromatic heterocycles. The van der Waals surface area contributed by atoms with Gasteiger partial charge in [0.05, 0.1) is 0 Å². The monoisotopic (exact) mass is 249 g/mol. The van der Waals surface area contributed by atoms with Gasteiger partial charge in [0.2, 0.25) is 11.8 Å². The molecule has 5 heteroatoms.